The average molecular weight is 296 g/mol. The Morgan fingerprint density at radius 1 is 1.33 bits per heavy atom. The van der Waals surface area contributed by atoms with E-state index in [1.165, 1.54) is 12.1 Å². The fourth-order valence-electron chi connectivity index (χ4n) is 1.66. The first-order valence-corrected chi connectivity index (χ1v) is 6.18. The highest BCUT2D eigenvalue weighted by Gasteiger charge is 2.20. The van der Waals surface area contributed by atoms with Gasteiger partial charge in [-0.05, 0) is 30.9 Å². The Morgan fingerprint density at radius 2 is 1.94 bits per heavy atom. The number of rotatable bonds is 5. The lowest BCUT2D eigenvalue weighted by Gasteiger charge is -2.20. The molecule has 0 saturated carbocycles. The van der Waals surface area contributed by atoms with Crippen molar-refractivity contribution in [1.29, 1.82) is 0 Å². The predicted molar refractivity (Wildman–Crippen MR) is 75.7 cm³/mol. The summed E-state index contributed by atoms with van der Waals surface area (Å²) in [5.74, 6) is 0.0283. The van der Waals surface area contributed by atoms with Crippen LogP contribution in [0.4, 0.5) is 4.39 Å². The van der Waals surface area contributed by atoms with E-state index < -0.39 is 18.0 Å². The molecule has 0 fully saturated rings. The highest BCUT2D eigenvalue weighted by atomic mass is 35.5. The van der Waals surface area contributed by atoms with E-state index in [-0.39, 0.29) is 12.4 Å². The number of aliphatic hydroxyl groups excluding tert-OH is 1. The molecule has 0 amide bonds. The van der Waals surface area contributed by atoms with Gasteiger partial charge in [0.15, 0.2) is 0 Å². The number of benzene rings is 1. The first-order valence-electron chi connectivity index (χ1n) is 5.80. The molecule has 0 aliphatic carbocycles. The summed E-state index contributed by atoms with van der Waals surface area (Å²) >= 11 is 5.66. The molecule has 3 N–H and O–H groups in total. The Hall–Kier alpha value is -0.350. The molecule has 2 atom stereocenters. The minimum Gasteiger partial charge on any atom is -0.391 e. The SMILES string of the molecule is CC(C)CC[C@H](O)[C@H](N)c1ccc(Cl)cc1F.Cl. The van der Waals surface area contributed by atoms with Crippen molar-refractivity contribution in [2.24, 2.45) is 11.7 Å². The zero-order valence-electron chi connectivity index (χ0n) is 10.6. The Bertz CT molecular complexity index is 374. The third kappa shape index (κ3) is 5.11. The van der Waals surface area contributed by atoms with E-state index in [0.717, 1.165) is 6.42 Å². The fraction of sp³-hybridized carbons (Fsp3) is 0.538. The summed E-state index contributed by atoms with van der Waals surface area (Å²) in [6.45, 7) is 4.14. The lowest BCUT2D eigenvalue weighted by molar-refractivity contribution is 0.127. The summed E-state index contributed by atoms with van der Waals surface area (Å²) in [5, 5.41) is 10.2. The van der Waals surface area contributed by atoms with E-state index in [2.05, 4.69) is 13.8 Å². The van der Waals surface area contributed by atoms with Gasteiger partial charge < -0.3 is 10.8 Å². The van der Waals surface area contributed by atoms with Gasteiger partial charge >= 0.3 is 0 Å². The molecule has 2 nitrogen and oxygen atoms in total. The van der Waals surface area contributed by atoms with Crippen LogP contribution in [0.1, 0.15) is 38.3 Å². The van der Waals surface area contributed by atoms with Gasteiger partial charge in [0.25, 0.3) is 0 Å². The number of nitrogens with two attached hydrogens (primary N) is 1. The first kappa shape index (κ1) is 17.6. The molecule has 0 radical (unpaired) electrons. The van der Waals surface area contributed by atoms with Crippen LogP contribution in [0.2, 0.25) is 5.02 Å². The molecule has 0 spiro atoms. The molecular weight excluding hydrogens is 276 g/mol. The van der Waals surface area contributed by atoms with Crippen molar-refractivity contribution in [2.45, 2.75) is 38.8 Å². The summed E-state index contributed by atoms with van der Waals surface area (Å²) < 4.78 is 13.6. The summed E-state index contributed by atoms with van der Waals surface area (Å²) in [5.41, 5.74) is 6.15. The minimum atomic E-state index is -0.729. The average Bonchev–Trinajstić information content (AvgIpc) is 2.25. The van der Waals surface area contributed by atoms with Gasteiger partial charge in [-0.2, -0.15) is 0 Å². The number of hydrogen-bond donors (Lipinski definition) is 2. The normalized spacial score (nSPS) is 14.2. The van der Waals surface area contributed by atoms with Crippen LogP contribution in [0.5, 0.6) is 0 Å². The van der Waals surface area contributed by atoms with E-state index >= 15 is 0 Å². The van der Waals surface area contributed by atoms with E-state index in [4.69, 9.17) is 17.3 Å². The standard InChI is InChI=1S/C13H19ClFNO.ClH/c1-8(2)3-6-12(17)13(16)10-5-4-9(14)7-11(10)15;/h4-5,7-8,12-13,17H,3,6,16H2,1-2H3;1H/t12-,13+;/m0./s1. The van der Waals surface area contributed by atoms with E-state index in [0.29, 0.717) is 22.9 Å². The summed E-state index contributed by atoms with van der Waals surface area (Å²) in [6.07, 6.45) is 0.707. The second-order valence-electron chi connectivity index (χ2n) is 4.73. The van der Waals surface area contributed by atoms with Crippen LogP contribution in [0, 0.1) is 11.7 Å². The Morgan fingerprint density at radius 3 is 2.44 bits per heavy atom. The Labute approximate surface area is 119 Å². The highest BCUT2D eigenvalue weighted by molar-refractivity contribution is 6.30. The zero-order valence-corrected chi connectivity index (χ0v) is 12.1. The van der Waals surface area contributed by atoms with Gasteiger partial charge in [0.2, 0.25) is 0 Å². The molecule has 0 bridgehead atoms. The quantitative estimate of drug-likeness (QED) is 0.870. The van der Waals surface area contributed by atoms with Crippen LogP contribution < -0.4 is 5.73 Å². The molecule has 1 aromatic carbocycles. The van der Waals surface area contributed by atoms with Gasteiger partial charge in [-0.3, -0.25) is 0 Å². The lowest BCUT2D eigenvalue weighted by atomic mass is 9.96. The molecule has 0 heterocycles. The highest BCUT2D eigenvalue weighted by Crippen LogP contribution is 2.24. The first-order chi connectivity index (χ1) is 7.91. The maximum absolute atomic E-state index is 13.6. The smallest absolute Gasteiger partial charge is 0.129 e. The van der Waals surface area contributed by atoms with E-state index in [9.17, 15) is 9.50 Å². The topological polar surface area (TPSA) is 46.2 Å². The molecule has 0 unspecified atom stereocenters. The van der Waals surface area contributed by atoms with Crippen LogP contribution >= 0.6 is 24.0 Å². The second-order valence-corrected chi connectivity index (χ2v) is 5.17. The van der Waals surface area contributed by atoms with Crippen molar-refractivity contribution in [2.75, 3.05) is 0 Å². The molecule has 0 saturated heterocycles. The van der Waals surface area contributed by atoms with Crippen LogP contribution in [0.3, 0.4) is 0 Å². The van der Waals surface area contributed by atoms with Gasteiger partial charge in [0.1, 0.15) is 5.82 Å². The fourth-order valence-corrected chi connectivity index (χ4v) is 1.82. The molecule has 1 aromatic rings. The molecular formula is C13H20Cl2FNO. The third-order valence-electron chi connectivity index (χ3n) is 2.78. The van der Waals surface area contributed by atoms with E-state index in [1.54, 1.807) is 6.07 Å². The molecule has 104 valence electrons. The van der Waals surface area contributed by atoms with Gasteiger partial charge in [-0.25, -0.2) is 4.39 Å². The van der Waals surface area contributed by atoms with Gasteiger partial charge in [-0.15, -0.1) is 12.4 Å². The van der Waals surface area contributed by atoms with Crippen LogP contribution in [-0.2, 0) is 0 Å². The predicted octanol–water partition coefficient (Wildman–Crippen LogP) is 3.70. The van der Waals surface area contributed by atoms with E-state index in [1.807, 2.05) is 0 Å². The van der Waals surface area contributed by atoms with Crippen molar-refractivity contribution >= 4 is 24.0 Å². The lowest BCUT2D eigenvalue weighted by Crippen LogP contribution is -2.27. The van der Waals surface area contributed by atoms with Crippen molar-refractivity contribution in [3.63, 3.8) is 0 Å². The van der Waals surface area contributed by atoms with Crippen LogP contribution in [0.15, 0.2) is 18.2 Å². The van der Waals surface area contributed by atoms with Crippen molar-refractivity contribution in [3.8, 4) is 0 Å². The number of halogens is 3. The summed E-state index contributed by atoms with van der Waals surface area (Å²) in [7, 11) is 0. The summed E-state index contributed by atoms with van der Waals surface area (Å²) in [4.78, 5) is 0. The summed E-state index contributed by atoms with van der Waals surface area (Å²) in [6, 6.07) is 3.62. The van der Waals surface area contributed by atoms with Gasteiger partial charge in [-0.1, -0.05) is 31.5 Å². The monoisotopic (exact) mass is 295 g/mol. The largest absolute Gasteiger partial charge is 0.391 e. The number of aliphatic hydroxyl groups is 1. The second kappa shape index (κ2) is 7.95. The molecule has 0 aromatic heterocycles. The molecule has 0 aliphatic heterocycles. The van der Waals surface area contributed by atoms with Crippen LogP contribution in [-0.4, -0.2) is 11.2 Å². The maximum atomic E-state index is 13.6. The molecule has 5 heteroatoms. The van der Waals surface area contributed by atoms with Crippen molar-refractivity contribution in [3.05, 3.63) is 34.6 Å². The van der Waals surface area contributed by atoms with Gasteiger partial charge in [0.05, 0.1) is 12.1 Å². The minimum absolute atomic E-state index is 0. The molecule has 18 heavy (non-hydrogen) atoms. The molecule has 0 aliphatic rings. The van der Waals surface area contributed by atoms with Gasteiger partial charge in [0, 0.05) is 10.6 Å². The van der Waals surface area contributed by atoms with Crippen molar-refractivity contribution in [1.82, 2.24) is 0 Å². The Kier molecular flexibility index (Phi) is 7.79. The van der Waals surface area contributed by atoms with Crippen molar-refractivity contribution < 1.29 is 9.50 Å². The third-order valence-corrected chi connectivity index (χ3v) is 3.01. The Balaban J connectivity index is 0.00000289. The molecule has 1 rings (SSSR count). The zero-order chi connectivity index (χ0) is 13.0. The maximum Gasteiger partial charge on any atom is 0.129 e. The van der Waals surface area contributed by atoms with Crippen LogP contribution in [0.25, 0.3) is 0 Å². The number of hydrogen-bond acceptors (Lipinski definition) is 2.